The molecule has 0 unspecified atom stereocenters. The smallest absolute Gasteiger partial charge is 0.275 e. The first-order valence-corrected chi connectivity index (χ1v) is 7.56. The van der Waals surface area contributed by atoms with Crippen LogP contribution in [0.2, 0.25) is 0 Å². The van der Waals surface area contributed by atoms with Gasteiger partial charge in [-0.25, -0.2) is 9.07 Å². The monoisotopic (exact) mass is 372 g/mol. The molecular formula is C16H22ClFN4O3. The van der Waals surface area contributed by atoms with E-state index in [1.54, 1.807) is 20.1 Å². The van der Waals surface area contributed by atoms with Crippen molar-refractivity contribution in [3.05, 3.63) is 41.5 Å². The van der Waals surface area contributed by atoms with Crippen LogP contribution in [0, 0.1) is 12.7 Å². The third kappa shape index (κ3) is 5.70. The third-order valence-electron chi connectivity index (χ3n) is 3.39. The number of carbonyl (C=O) groups is 1. The van der Waals surface area contributed by atoms with E-state index >= 15 is 0 Å². The summed E-state index contributed by atoms with van der Waals surface area (Å²) in [6, 6.07) is 4.20. The SMILES string of the molecule is COCCNCCNC(=O)c1nn(-c2ccc(F)cc2C)cc1O.Cl. The van der Waals surface area contributed by atoms with Gasteiger partial charge in [-0.3, -0.25) is 4.79 Å². The molecule has 0 spiro atoms. The summed E-state index contributed by atoms with van der Waals surface area (Å²) in [5.41, 5.74) is 1.16. The molecule has 9 heteroatoms. The maximum atomic E-state index is 13.2. The van der Waals surface area contributed by atoms with Crippen LogP contribution >= 0.6 is 12.4 Å². The van der Waals surface area contributed by atoms with Gasteiger partial charge in [0.25, 0.3) is 5.91 Å². The summed E-state index contributed by atoms with van der Waals surface area (Å²) in [5.74, 6) is -1.06. The highest BCUT2D eigenvalue weighted by atomic mass is 35.5. The van der Waals surface area contributed by atoms with Crippen molar-refractivity contribution in [3.8, 4) is 11.4 Å². The van der Waals surface area contributed by atoms with Crippen LogP contribution in [0.3, 0.4) is 0 Å². The minimum absolute atomic E-state index is 0. The van der Waals surface area contributed by atoms with Gasteiger partial charge in [-0.1, -0.05) is 0 Å². The Morgan fingerprint density at radius 1 is 1.36 bits per heavy atom. The van der Waals surface area contributed by atoms with Gasteiger partial charge < -0.3 is 20.5 Å². The van der Waals surface area contributed by atoms with Crippen molar-refractivity contribution >= 4 is 18.3 Å². The molecule has 1 amide bonds. The van der Waals surface area contributed by atoms with E-state index < -0.39 is 5.91 Å². The minimum atomic E-state index is -0.473. The van der Waals surface area contributed by atoms with E-state index in [1.165, 1.54) is 23.0 Å². The highest BCUT2D eigenvalue weighted by Gasteiger charge is 2.17. The zero-order valence-corrected chi connectivity index (χ0v) is 14.9. The number of methoxy groups -OCH3 is 1. The van der Waals surface area contributed by atoms with Crippen molar-refractivity contribution in [2.45, 2.75) is 6.92 Å². The van der Waals surface area contributed by atoms with E-state index in [0.29, 0.717) is 37.5 Å². The number of rotatable bonds is 8. The number of carbonyl (C=O) groups excluding carboxylic acids is 1. The summed E-state index contributed by atoms with van der Waals surface area (Å²) in [5, 5.41) is 19.8. The maximum Gasteiger partial charge on any atom is 0.275 e. The van der Waals surface area contributed by atoms with Gasteiger partial charge in [0.15, 0.2) is 11.4 Å². The Labute approximate surface area is 151 Å². The molecule has 0 atom stereocenters. The molecular weight excluding hydrogens is 351 g/mol. The fourth-order valence-corrected chi connectivity index (χ4v) is 2.17. The Morgan fingerprint density at radius 3 is 2.80 bits per heavy atom. The number of aromatic hydroxyl groups is 1. The molecule has 0 aliphatic carbocycles. The van der Waals surface area contributed by atoms with E-state index in [-0.39, 0.29) is 29.7 Å². The highest BCUT2D eigenvalue weighted by Crippen LogP contribution is 2.20. The van der Waals surface area contributed by atoms with Crippen molar-refractivity contribution in [1.82, 2.24) is 20.4 Å². The molecule has 1 heterocycles. The van der Waals surface area contributed by atoms with Crippen LogP contribution in [-0.2, 0) is 4.74 Å². The Kier molecular flexibility index (Phi) is 8.33. The standard InChI is InChI=1S/C16H21FN4O3.ClH/c1-11-9-12(17)3-4-13(11)21-10-14(22)15(20-21)16(23)19-6-5-18-7-8-24-2;/h3-4,9-10,18,22H,5-8H2,1-2H3,(H,19,23);1H. The van der Waals surface area contributed by atoms with Gasteiger partial charge in [-0.15, -0.1) is 12.4 Å². The van der Waals surface area contributed by atoms with Gasteiger partial charge in [0.2, 0.25) is 0 Å². The van der Waals surface area contributed by atoms with E-state index in [1.807, 2.05) is 0 Å². The molecule has 0 bridgehead atoms. The molecule has 1 aromatic heterocycles. The van der Waals surface area contributed by atoms with Crippen LogP contribution in [0.4, 0.5) is 4.39 Å². The van der Waals surface area contributed by atoms with Gasteiger partial charge in [0.05, 0.1) is 18.5 Å². The summed E-state index contributed by atoms with van der Waals surface area (Å²) in [7, 11) is 1.62. The van der Waals surface area contributed by atoms with Crippen LogP contribution in [0.5, 0.6) is 5.75 Å². The van der Waals surface area contributed by atoms with Crippen LogP contribution in [0.1, 0.15) is 16.1 Å². The Balaban J connectivity index is 0.00000312. The molecule has 0 saturated carbocycles. The number of halogens is 2. The largest absolute Gasteiger partial charge is 0.504 e. The van der Waals surface area contributed by atoms with E-state index in [9.17, 15) is 14.3 Å². The van der Waals surface area contributed by atoms with Crippen molar-refractivity contribution < 1.29 is 19.0 Å². The third-order valence-corrected chi connectivity index (χ3v) is 3.39. The molecule has 1 aromatic carbocycles. The van der Waals surface area contributed by atoms with Crippen molar-refractivity contribution in [3.63, 3.8) is 0 Å². The zero-order chi connectivity index (χ0) is 17.5. The van der Waals surface area contributed by atoms with Crippen LogP contribution < -0.4 is 10.6 Å². The molecule has 2 aromatic rings. The van der Waals surface area contributed by atoms with E-state index in [0.717, 1.165) is 0 Å². The van der Waals surface area contributed by atoms with Crippen LogP contribution in [0.25, 0.3) is 5.69 Å². The predicted octanol–water partition coefficient (Wildman–Crippen LogP) is 1.41. The van der Waals surface area contributed by atoms with Crippen molar-refractivity contribution in [2.75, 3.05) is 33.4 Å². The molecule has 3 N–H and O–H groups in total. The topological polar surface area (TPSA) is 88.4 Å². The number of aryl methyl sites for hydroxylation is 1. The fraction of sp³-hybridized carbons (Fsp3) is 0.375. The molecule has 25 heavy (non-hydrogen) atoms. The summed E-state index contributed by atoms with van der Waals surface area (Å²) >= 11 is 0. The second-order valence-corrected chi connectivity index (χ2v) is 5.24. The van der Waals surface area contributed by atoms with Crippen LogP contribution in [0.15, 0.2) is 24.4 Å². The van der Waals surface area contributed by atoms with Crippen LogP contribution in [-0.4, -0.2) is 54.1 Å². The molecule has 0 aliphatic heterocycles. The fourth-order valence-electron chi connectivity index (χ4n) is 2.17. The Morgan fingerprint density at radius 2 is 2.12 bits per heavy atom. The quantitative estimate of drug-likeness (QED) is 0.610. The number of nitrogens with zero attached hydrogens (tertiary/aromatic N) is 2. The van der Waals surface area contributed by atoms with Gasteiger partial charge >= 0.3 is 0 Å². The minimum Gasteiger partial charge on any atom is -0.504 e. The maximum absolute atomic E-state index is 13.2. The predicted molar refractivity (Wildman–Crippen MR) is 94.3 cm³/mol. The number of aromatic nitrogens is 2. The summed E-state index contributed by atoms with van der Waals surface area (Å²) in [6.45, 7) is 3.98. The van der Waals surface area contributed by atoms with Gasteiger partial charge in [0, 0.05) is 26.7 Å². The average molecular weight is 373 g/mol. The Bertz CT molecular complexity index is 709. The molecule has 2 rings (SSSR count). The molecule has 7 nitrogen and oxygen atoms in total. The molecule has 0 fully saturated rings. The van der Waals surface area contributed by atoms with Crippen molar-refractivity contribution in [1.29, 1.82) is 0 Å². The second kappa shape index (κ2) is 9.97. The number of hydrogen-bond acceptors (Lipinski definition) is 5. The highest BCUT2D eigenvalue weighted by molar-refractivity contribution is 5.94. The normalized spacial score (nSPS) is 10.4. The lowest BCUT2D eigenvalue weighted by atomic mass is 10.2. The number of nitrogens with one attached hydrogen (secondary N) is 2. The lowest BCUT2D eigenvalue weighted by Crippen LogP contribution is -2.33. The first-order valence-electron chi connectivity index (χ1n) is 7.56. The second-order valence-electron chi connectivity index (χ2n) is 5.24. The summed E-state index contributed by atoms with van der Waals surface area (Å²) in [4.78, 5) is 12.1. The number of ether oxygens (including phenoxy) is 1. The van der Waals surface area contributed by atoms with E-state index in [2.05, 4.69) is 15.7 Å². The zero-order valence-electron chi connectivity index (χ0n) is 14.1. The van der Waals surface area contributed by atoms with Gasteiger partial charge in [-0.05, 0) is 30.7 Å². The lowest BCUT2D eigenvalue weighted by molar-refractivity contribution is 0.0945. The molecule has 0 aliphatic rings. The first-order chi connectivity index (χ1) is 11.5. The van der Waals surface area contributed by atoms with Gasteiger partial charge in [0.1, 0.15) is 5.82 Å². The van der Waals surface area contributed by atoms with E-state index in [4.69, 9.17) is 4.74 Å². The lowest BCUT2D eigenvalue weighted by Gasteiger charge is -2.06. The molecule has 138 valence electrons. The summed E-state index contributed by atoms with van der Waals surface area (Å²) < 4.78 is 19.4. The summed E-state index contributed by atoms with van der Waals surface area (Å²) in [6.07, 6.45) is 1.33. The Hall–Kier alpha value is -2.16. The first kappa shape index (κ1) is 20.9. The number of amides is 1. The number of benzene rings is 1. The average Bonchev–Trinajstić information content (AvgIpc) is 2.92. The van der Waals surface area contributed by atoms with Gasteiger partial charge in [-0.2, -0.15) is 5.10 Å². The number of hydrogen-bond donors (Lipinski definition) is 3. The molecule has 0 radical (unpaired) electrons. The van der Waals surface area contributed by atoms with Crippen molar-refractivity contribution in [2.24, 2.45) is 0 Å². The molecule has 0 saturated heterocycles.